The summed E-state index contributed by atoms with van der Waals surface area (Å²) in [5, 5.41) is 36.0. The first kappa shape index (κ1) is 18.0. The van der Waals surface area contributed by atoms with Crippen molar-refractivity contribution in [2.75, 3.05) is 6.54 Å². The Morgan fingerprint density at radius 2 is 1.92 bits per heavy atom. The predicted molar refractivity (Wildman–Crippen MR) is 98.1 cm³/mol. The van der Waals surface area contributed by atoms with Gasteiger partial charge in [0.1, 0.15) is 11.5 Å². The van der Waals surface area contributed by atoms with Gasteiger partial charge in [-0.05, 0) is 55.9 Å². The van der Waals surface area contributed by atoms with Crippen molar-refractivity contribution in [2.24, 2.45) is 0 Å². The lowest BCUT2D eigenvalue weighted by atomic mass is 10.1. The zero-order valence-corrected chi connectivity index (χ0v) is 14.5. The van der Waals surface area contributed by atoms with Gasteiger partial charge in [-0.15, -0.1) is 0 Å². The number of thiocarbonyl (C=S) groups is 1. The Morgan fingerprint density at radius 1 is 1.17 bits per heavy atom. The molecule has 0 saturated carbocycles. The number of hydrogen-bond donors (Lipinski definition) is 5. The lowest BCUT2D eigenvalue weighted by molar-refractivity contribution is 0.177. The summed E-state index contributed by atoms with van der Waals surface area (Å²) in [5.74, 6) is 0.257. The third-order valence-corrected chi connectivity index (χ3v) is 3.98. The molecular weight excluding hydrogens is 324 g/mol. The Bertz CT molecular complexity index is 721. The Labute approximate surface area is 147 Å². The van der Waals surface area contributed by atoms with Crippen LogP contribution in [0.3, 0.4) is 0 Å². The highest BCUT2D eigenvalue weighted by atomic mass is 32.1. The van der Waals surface area contributed by atoms with Crippen LogP contribution in [-0.4, -0.2) is 27.0 Å². The molecular formula is C18H22N2O3S. The lowest BCUT2D eigenvalue weighted by Crippen LogP contribution is -2.38. The number of phenolic OH excluding ortho intramolecular Hbond substituents is 2. The number of aryl methyl sites for hydroxylation is 1. The SMILES string of the molecule is Cc1ccc(O)c(C(O)CNC(=S)N[C@H](C)c2cccc(O)c2)c1. The second-order valence-electron chi connectivity index (χ2n) is 5.75. The first-order valence-electron chi connectivity index (χ1n) is 7.67. The van der Waals surface area contributed by atoms with Crippen LogP contribution >= 0.6 is 12.2 Å². The largest absolute Gasteiger partial charge is 0.508 e. The molecule has 5 N–H and O–H groups in total. The molecule has 0 radical (unpaired) electrons. The number of hydrogen-bond acceptors (Lipinski definition) is 4. The fourth-order valence-corrected chi connectivity index (χ4v) is 2.63. The van der Waals surface area contributed by atoms with Gasteiger partial charge in [0.2, 0.25) is 0 Å². The van der Waals surface area contributed by atoms with Crippen molar-refractivity contribution in [3.63, 3.8) is 0 Å². The van der Waals surface area contributed by atoms with Gasteiger partial charge < -0.3 is 26.0 Å². The van der Waals surface area contributed by atoms with E-state index in [0.717, 1.165) is 11.1 Å². The Morgan fingerprint density at radius 3 is 2.62 bits per heavy atom. The number of aliphatic hydroxyl groups excluding tert-OH is 1. The van der Waals surface area contributed by atoms with E-state index in [-0.39, 0.29) is 24.1 Å². The van der Waals surface area contributed by atoms with Gasteiger partial charge in [-0.3, -0.25) is 0 Å². The molecule has 0 aliphatic rings. The van der Waals surface area contributed by atoms with Crippen molar-refractivity contribution in [3.05, 3.63) is 59.2 Å². The van der Waals surface area contributed by atoms with Crippen molar-refractivity contribution in [1.29, 1.82) is 0 Å². The smallest absolute Gasteiger partial charge is 0.166 e. The highest BCUT2D eigenvalue weighted by Crippen LogP contribution is 2.24. The number of aliphatic hydroxyl groups is 1. The van der Waals surface area contributed by atoms with E-state index in [2.05, 4.69) is 10.6 Å². The Kier molecular flexibility index (Phi) is 6.00. The summed E-state index contributed by atoms with van der Waals surface area (Å²) >= 11 is 5.23. The van der Waals surface area contributed by atoms with E-state index < -0.39 is 6.10 Å². The molecule has 0 bridgehead atoms. The Hall–Kier alpha value is -2.31. The van der Waals surface area contributed by atoms with Crippen molar-refractivity contribution in [2.45, 2.75) is 26.0 Å². The normalized spacial score (nSPS) is 13.1. The summed E-state index contributed by atoms with van der Waals surface area (Å²) in [5.41, 5.74) is 2.32. The van der Waals surface area contributed by atoms with Crippen LogP contribution in [0.2, 0.25) is 0 Å². The molecule has 128 valence electrons. The average Bonchev–Trinajstić information content (AvgIpc) is 2.54. The summed E-state index contributed by atoms with van der Waals surface area (Å²) in [6.45, 7) is 3.99. The van der Waals surface area contributed by atoms with Crippen LogP contribution in [0.1, 0.15) is 35.8 Å². The average molecular weight is 346 g/mol. The van der Waals surface area contributed by atoms with Crippen LogP contribution in [0, 0.1) is 6.92 Å². The topological polar surface area (TPSA) is 84.8 Å². The fourth-order valence-electron chi connectivity index (χ4n) is 2.37. The summed E-state index contributed by atoms with van der Waals surface area (Å²) in [7, 11) is 0. The van der Waals surface area contributed by atoms with Crippen LogP contribution in [0.25, 0.3) is 0 Å². The molecule has 2 aromatic carbocycles. The maximum atomic E-state index is 10.2. The zero-order chi connectivity index (χ0) is 17.7. The molecule has 6 heteroatoms. The molecule has 2 rings (SSSR count). The minimum Gasteiger partial charge on any atom is -0.508 e. The summed E-state index contributed by atoms with van der Waals surface area (Å²) in [6, 6.07) is 11.9. The van der Waals surface area contributed by atoms with Gasteiger partial charge in [-0.1, -0.05) is 23.8 Å². The molecule has 0 aliphatic carbocycles. The summed E-state index contributed by atoms with van der Waals surface area (Å²) in [4.78, 5) is 0. The Balaban J connectivity index is 1.89. The van der Waals surface area contributed by atoms with E-state index >= 15 is 0 Å². The van der Waals surface area contributed by atoms with Crippen molar-refractivity contribution >= 4 is 17.3 Å². The predicted octanol–water partition coefficient (Wildman–Crippen LogP) is 2.66. The van der Waals surface area contributed by atoms with E-state index in [1.807, 2.05) is 19.9 Å². The van der Waals surface area contributed by atoms with Gasteiger partial charge in [-0.25, -0.2) is 0 Å². The zero-order valence-electron chi connectivity index (χ0n) is 13.7. The van der Waals surface area contributed by atoms with Crippen molar-refractivity contribution in [3.8, 4) is 11.5 Å². The van der Waals surface area contributed by atoms with Gasteiger partial charge in [0.15, 0.2) is 5.11 Å². The molecule has 0 spiro atoms. The second-order valence-corrected chi connectivity index (χ2v) is 6.16. The number of benzene rings is 2. The molecule has 0 heterocycles. The van der Waals surface area contributed by atoms with Crippen LogP contribution in [0.5, 0.6) is 11.5 Å². The third-order valence-electron chi connectivity index (χ3n) is 3.72. The van der Waals surface area contributed by atoms with Gasteiger partial charge in [0, 0.05) is 12.1 Å². The van der Waals surface area contributed by atoms with Gasteiger partial charge in [0.25, 0.3) is 0 Å². The molecule has 0 saturated heterocycles. The monoisotopic (exact) mass is 346 g/mol. The highest BCUT2D eigenvalue weighted by Gasteiger charge is 2.14. The van der Waals surface area contributed by atoms with Gasteiger partial charge >= 0.3 is 0 Å². The molecule has 0 aromatic heterocycles. The number of aromatic hydroxyl groups is 2. The molecule has 0 aliphatic heterocycles. The quantitative estimate of drug-likeness (QED) is 0.535. The molecule has 2 aromatic rings. The van der Waals surface area contributed by atoms with Crippen LogP contribution < -0.4 is 10.6 Å². The number of nitrogens with one attached hydrogen (secondary N) is 2. The molecule has 0 amide bonds. The molecule has 1 unspecified atom stereocenters. The highest BCUT2D eigenvalue weighted by molar-refractivity contribution is 7.80. The number of rotatable bonds is 5. The minimum atomic E-state index is -0.874. The number of phenols is 2. The third kappa shape index (κ3) is 4.84. The summed E-state index contributed by atoms with van der Waals surface area (Å²) < 4.78 is 0. The minimum absolute atomic E-state index is 0.0573. The summed E-state index contributed by atoms with van der Waals surface area (Å²) in [6.07, 6.45) is -0.874. The van der Waals surface area contributed by atoms with Gasteiger partial charge in [-0.2, -0.15) is 0 Å². The van der Waals surface area contributed by atoms with Crippen molar-refractivity contribution < 1.29 is 15.3 Å². The van der Waals surface area contributed by atoms with Gasteiger partial charge in [0.05, 0.1) is 12.1 Å². The molecule has 24 heavy (non-hydrogen) atoms. The van der Waals surface area contributed by atoms with Crippen LogP contribution in [-0.2, 0) is 0 Å². The van der Waals surface area contributed by atoms with Crippen LogP contribution in [0.4, 0.5) is 0 Å². The first-order chi connectivity index (χ1) is 11.4. The van der Waals surface area contributed by atoms with E-state index in [1.54, 1.807) is 36.4 Å². The van der Waals surface area contributed by atoms with E-state index in [1.165, 1.54) is 0 Å². The first-order valence-corrected chi connectivity index (χ1v) is 8.08. The van der Waals surface area contributed by atoms with E-state index in [4.69, 9.17) is 12.2 Å². The maximum Gasteiger partial charge on any atom is 0.166 e. The molecule has 0 fully saturated rings. The van der Waals surface area contributed by atoms with E-state index in [9.17, 15) is 15.3 Å². The molecule has 5 nitrogen and oxygen atoms in total. The van der Waals surface area contributed by atoms with E-state index in [0.29, 0.717) is 10.7 Å². The maximum absolute atomic E-state index is 10.2. The second kappa shape index (κ2) is 7.99. The standard InChI is InChI=1S/C18H22N2O3S/c1-11-6-7-16(22)15(8-11)17(23)10-19-18(24)20-12(2)13-4-3-5-14(21)9-13/h3-9,12,17,21-23H,10H2,1-2H3,(H2,19,20,24)/t12-,17?/m1/s1. The molecule has 2 atom stereocenters. The van der Waals surface area contributed by atoms with Crippen LogP contribution in [0.15, 0.2) is 42.5 Å². The fraction of sp³-hybridized carbons (Fsp3) is 0.278. The lowest BCUT2D eigenvalue weighted by Gasteiger charge is -2.19. The van der Waals surface area contributed by atoms with Crippen molar-refractivity contribution in [1.82, 2.24) is 10.6 Å².